The van der Waals surface area contributed by atoms with Crippen molar-refractivity contribution < 1.29 is 8.97 Å². The molecule has 0 N–H and O–H groups in total. The topological polar surface area (TPSA) is 0 Å². The standard InChI is InChI=1S/C15H34N2/c1-5-16(6-2,7-3)14-11-15-17(8-4)12-9-10-13-17/h5-15H2,1-4H3/q+2. The first-order valence-corrected chi connectivity index (χ1v) is 7.86. The summed E-state index contributed by atoms with van der Waals surface area (Å²) in [5.41, 5.74) is 0. The molecule has 1 heterocycles. The van der Waals surface area contributed by atoms with Crippen LogP contribution in [0.5, 0.6) is 0 Å². The molecule has 0 aromatic heterocycles. The van der Waals surface area contributed by atoms with Gasteiger partial charge in [-0.1, -0.05) is 0 Å². The molecular weight excluding hydrogens is 208 g/mol. The SMILES string of the molecule is CC[N+](CC)(CC)CCC[N+]1(CC)CCCC1. The van der Waals surface area contributed by atoms with Crippen LogP contribution in [0.2, 0.25) is 0 Å². The molecule has 0 atom stereocenters. The van der Waals surface area contributed by atoms with E-state index in [9.17, 15) is 0 Å². The van der Waals surface area contributed by atoms with Crippen molar-refractivity contribution in [3.05, 3.63) is 0 Å². The molecule has 2 nitrogen and oxygen atoms in total. The Balaban J connectivity index is 2.39. The van der Waals surface area contributed by atoms with E-state index in [4.69, 9.17) is 0 Å². The lowest BCUT2D eigenvalue weighted by molar-refractivity contribution is -0.937. The molecule has 2 heteroatoms. The van der Waals surface area contributed by atoms with Crippen molar-refractivity contribution in [3.8, 4) is 0 Å². The summed E-state index contributed by atoms with van der Waals surface area (Å²) in [5, 5.41) is 0. The first-order chi connectivity index (χ1) is 8.16. The van der Waals surface area contributed by atoms with E-state index in [-0.39, 0.29) is 0 Å². The molecule has 0 saturated carbocycles. The van der Waals surface area contributed by atoms with Crippen LogP contribution in [-0.2, 0) is 0 Å². The lowest BCUT2D eigenvalue weighted by Crippen LogP contribution is -2.51. The van der Waals surface area contributed by atoms with Crippen LogP contribution in [0.25, 0.3) is 0 Å². The van der Waals surface area contributed by atoms with Crippen molar-refractivity contribution in [3.63, 3.8) is 0 Å². The quantitative estimate of drug-likeness (QED) is 0.574. The van der Waals surface area contributed by atoms with Gasteiger partial charge >= 0.3 is 0 Å². The molecule has 0 bridgehead atoms. The van der Waals surface area contributed by atoms with E-state index in [2.05, 4.69) is 27.7 Å². The fraction of sp³-hybridized carbons (Fsp3) is 1.00. The van der Waals surface area contributed by atoms with Crippen LogP contribution in [0, 0.1) is 0 Å². The van der Waals surface area contributed by atoms with Crippen LogP contribution in [0.3, 0.4) is 0 Å². The second-order valence-corrected chi connectivity index (χ2v) is 5.90. The van der Waals surface area contributed by atoms with Gasteiger partial charge in [0.05, 0.1) is 52.4 Å². The van der Waals surface area contributed by atoms with E-state index >= 15 is 0 Å². The molecular formula is C15H34N2+2. The lowest BCUT2D eigenvalue weighted by Gasteiger charge is -2.38. The normalized spacial score (nSPS) is 19.8. The number of quaternary nitrogens is 2. The van der Waals surface area contributed by atoms with Crippen molar-refractivity contribution >= 4 is 0 Å². The van der Waals surface area contributed by atoms with Gasteiger partial charge in [0, 0.05) is 19.3 Å². The molecule has 1 fully saturated rings. The Morgan fingerprint density at radius 1 is 0.882 bits per heavy atom. The van der Waals surface area contributed by atoms with Crippen molar-refractivity contribution in [1.82, 2.24) is 0 Å². The Labute approximate surface area is 109 Å². The van der Waals surface area contributed by atoms with E-state index in [1.807, 2.05) is 0 Å². The van der Waals surface area contributed by atoms with Gasteiger partial charge in [-0.3, -0.25) is 0 Å². The first kappa shape index (κ1) is 15.0. The average molecular weight is 242 g/mol. The summed E-state index contributed by atoms with van der Waals surface area (Å²) in [7, 11) is 0. The van der Waals surface area contributed by atoms with E-state index in [1.165, 1.54) is 80.6 Å². The minimum atomic E-state index is 1.30. The molecule has 0 amide bonds. The zero-order valence-corrected chi connectivity index (χ0v) is 12.7. The van der Waals surface area contributed by atoms with Crippen molar-refractivity contribution in [2.45, 2.75) is 47.0 Å². The molecule has 0 unspecified atom stereocenters. The highest BCUT2D eigenvalue weighted by Gasteiger charge is 2.30. The first-order valence-electron chi connectivity index (χ1n) is 7.86. The van der Waals surface area contributed by atoms with Crippen molar-refractivity contribution in [2.24, 2.45) is 0 Å². The second kappa shape index (κ2) is 6.75. The summed E-state index contributed by atoms with van der Waals surface area (Å²) >= 11 is 0. The van der Waals surface area contributed by atoms with E-state index in [1.54, 1.807) is 0 Å². The van der Waals surface area contributed by atoms with Crippen LogP contribution >= 0.6 is 0 Å². The van der Waals surface area contributed by atoms with Crippen LogP contribution in [-0.4, -0.2) is 61.3 Å². The molecule has 102 valence electrons. The second-order valence-electron chi connectivity index (χ2n) is 5.90. The number of nitrogens with zero attached hydrogens (tertiary/aromatic N) is 2. The van der Waals surface area contributed by atoms with E-state index < -0.39 is 0 Å². The van der Waals surface area contributed by atoms with Gasteiger partial charge in [-0.05, 0) is 27.7 Å². The van der Waals surface area contributed by atoms with Crippen LogP contribution in [0.4, 0.5) is 0 Å². The third-order valence-electron chi connectivity index (χ3n) is 5.46. The highest BCUT2D eigenvalue weighted by Crippen LogP contribution is 2.20. The summed E-state index contributed by atoms with van der Waals surface area (Å²) in [6, 6.07) is 0. The molecule has 0 radical (unpaired) electrons. The Kier molecular flexibility index (Phi) is 5.94. The summed E-state index contributed by atoms with van der Waals surface area (Å²) < 4.78 is 2.74. The Morgan fingerprint density at radius 2 is 1.41 bits per heavy atom. The zero-order valence-electron chi connectivity index (χ0n) is 12.7. The van der Waals surface area contributed by atoms with Gasteiger partial charge in [-0.15, -0.1) is 0 Å². The molecule has 0 aromatic carbocycles. The van der Waals surface area contributed by atoms with E-state index in [0.29, 0.717) is 0 Å². The van der Waals surface area contributed by atoms with Gasteiger partial charge in [0.25, 0.3) is 0 Å². The number of likely N-dealkylation sites (tertiary alicyclic amines) is 1. The Bertz CT molecular complexity index is 186. The summed E-state index contributed by atoms with van der Waals surface area (Å²) in [5.74, 6) is 0. The maximum Gasteiger partial charge on any atom is 0.0840 e. The molecule has 17 heavy (non-hydrogen) atoms. The van der Waals surface area contributed by atoms with Crippen LogP contribution in [0.15, 0.2) is 0 Å². The molecule has 1 rings (SSSR count). The highest BCUT2D eigenvalue weighted by atomic mass is 15.4. The fourth-order valence-corrected chi connectivity index (χ4v) is 3.59. The number of hydrogen-bond acceptors (Lipinski definition) is 0. The summed E-state index contributed by atoms with van der Waals surface area (Å²) in [4.78, 5) is 0. The summed E-state index contributed by atoms with van der Waals surface area (Å²) in [6.07, 6.45) is 4.34. The van der Waals surface area contributed by atoms with Crippen molar-refractivity contribution in [2.75, 3.05) is 52.4 Å². The molecule has 0 spiro atoms. The Hall–Kier alpha value is -0.0800. The maximum absolute atomic E-state index is 2.38. The van der Waals surface area contributed by atoms with Gasteiger partial charge in [-0.25, -0.2) is 0 Å². The predicted molar refractivity (Wildman–Crippen MR) is 76.0 cm³/mol. The molecule has 0 aliphatic carbocycles. The molecule has 1 saturated heterocycles. The number of hydrogen-bond donors (Lipinski definition) is 0. The smallest absolute Gasteiger partial charge is 0.0840 e. The van der Waals surface area contributed by atoms with Crippen LogP contribution < -0.4 is 0 Å². The van der Waals surface area contributed by atoms with Crippen LogP contribution in [0.1, 0.15) is 47.0 Å². The van der Waals surface area contributed by atoms with Gasteiger partial charge in [0.15, 0.2) is 0 Å². The monoisotopic (exact) mass is 242 g/mol. The largest absolute Gasteiger partial charge is 0.324 e. The fourth-order valence-electron chi connectivity index (χ4n) is 3.59. The lowest BCUT2D eigenvalue weighted by atomic mass is 10.2. The van der Waals surface area contributed by atoms with Crippen molar-refractivity contribution in [1.29, 1.82) is 0 Å². The molecule has 1 aliphatic rings. The van der Waals surface area contributed by atoms with Gasteiger partial charge in [0.2, 0.25) is 0 Å². The molecule has 0 aromatic rings. The third kappa shape index (κ3) is 3.69. The summed E-state index contributed by atoms with van der Waals surface area (Å²) in [6.45, 7) is 20.4. The molecule has 1 aliphatic heterocycles. The maximum atomic E-state index is 2.38. The minimum absolute atomic E-state index is 1.30. The zero-order chi connectivity index (χ0) is 12.8. The minimum Gasteiger partial charge on any atom is -0.324 e. The average Bonchev–Trinajstić information content (AvgIpc) is 2.85. The van der Waals surface area contributed by atoms with Gasteiger partial charge < -0.3 is 8.97 Å². The van der Waals surface area contributed by atoms with E-state index in [0.717, 1.165) is 0 Å². The number of rotatable bonds is 8. The Morgan fingerprint density at radius 3 is 1.82 bits per heavy atom. The van der Waals surface area contributed by atoms with Gasteiger partial charge in [0.1, 0.15) is 0 Å². The third-order valence-corrected chi connectivity index (χ3v) is 5.46. The highest BCUT2D eigenvalue weighted by molar-refractivity contribution is 4.54. The van der Waals surface area contributed by atoms with Gasteiger partial charge in [-0.2, -0.15) is 0 Å². The predicted octanol–water partition coefficient (Wildman–Crippen LogP) is 2.88.